The van der Waals surface area contributed by atoms with Gasteiger partial charge in [0.15, 0.2) is 5.65 Å². The highest BCUT2D eigenvalue weighted by atomic mass is 32.2. The van der Waals surface area contributed by atoms with Crippen LogP contribution in [0.25, 0.3) is 11.2 Å². The van der Waals surface area contributed by atoms with Gasteiger partial charge in [0, 0.05) is 7.05 Å². The average Bonchev–Trinajstić information content (AvgIpc) is 2.60. The van der Waals surface area contributed by atoms with Gasteiger partial charge in [-0.25, -0.2) is 9.78 Å². The van der Waals surface area contributed by atoms with Gasteiger partial charge >= 0.3 is 5.69 Å². The van der Waals surface area contributed by atoms with E-state index in [4.69, 9.17) is 0 Å². The van der Waals surface area contributed by atoms with E-state index in [0.29, 0.717) is 22.7 Å². The predicted octanol–water partition coefficient (Wildman–Crippen LogP) is -0.187. The fraction of sp³-hybridized carbons (Fsp3) is 0.375. The van der Waals surface area contributed by atoms with Crippen LogP contribution in [0.4, 0.5) is 0 Å². The lowest BCUT2D eigenvalue weighted by atomic mass is 10.5. The Hall–Kier alpha value is -1.50. The van der Waals surface area contributed by atoms with Crippen molar-refractivity contribution in [2.45, 2.75) is 5.75 Å². The number of imidazole rings is 1. The summed E-state index contributed by atoms with van der Waals surface area (Å²) in [5.74, 6) is 1.38. The molecular weight excluding hydrogens is 216 g/mol. The van der Waals surface area contributed by atoms with Gasteiger partial charge in [-0.2, -0.15) is 11.8 Å². The molecule has 0 spiro atoms. The number of aryl methyl sites for hydroxylation is 1. The van der Waals surface area contributed by atoms with Crippen LogP contribution in [0.5, 0.6) is 0 Å². The first-order valence-electron chi connectivity index (χ1n) is 4.30. The quantitative estimate of drug-likeness (QED) is 0.743. The Balaban J connectivity index is 2.80. The molecule has 0 bridgehead atoms. The van der Waals surface area contributed by atoms with E-state index in [1.807, 2.05) is 6.26 Å². The molecule has 0 aliphatic carbocycles. The zero-order valence-electron chi connectivity index (χ0n) is 8.33. The number of H-pyrrole nitrogens is 2. The van der Waals surface area contributed by atoms with Crippen molar-refractivity contribution in [3.05, 3.63) is 26.7 Å². The van der Waals surface area contributed by atoms with Crippen LogP contribution in [-0.4, -0.2) is 25.8 Å². The van der Waals surface area contributed by atoms with E-state index in [2.05, 4.69) is 15.0 Å². The second-order valence-electron chi connectivity index (χ2n) is 3.13. The molecule has 0 fully saturated rings. The van der Waals surface area contributed by atoms with Gasteiger partial charge in [0.2, 0.25) is 0 Å². The van der Waals surface area contributed by atoms with E-state index in [1.165, 1.54) is 4.57 Å². The number of aromatic nitrogens is 4. The van der Waals surface area contributed by atoms with E-state index < -0.39 is 11.2 Å². The first-order chi connectivity index (χ1) is 7.13. The third-order valence-electron chi connectivity index (χ3n) is 2.08. The maximum Gasteiger partial charge on any atom is 0.329 e. The molecule has 0 radical (unpaired) electrons. The minimum atomic E-state index is -0.449. The summed E-state index contributed by atoms with van der Waals surface area (Å²) in [6.45, 7) is 0. The van der Waals surface area contributed by atoms with Gasteiger partial charge in [0.25, 0.3) is 5.56 Å². The lowest BCUT2D eigenvalue weighted by molar-refractivity contribution is 0.831. The van der Waals surface area contributed by atoms with Crippen molar-refractivity contribution in [2.75, 3.05) is 6.26 Å². The van der Waals surface area contributed by atoms with Gasteiger partial charge in [-0.15, -0.1) is 0 Å². The largest absolute Gasteiger partial charge is 0.335 e. The van der Waals surface area contributed by atoms with Crippen molar-refractivity contribution in [3.8, 4) is 0 Å². The summed E-state index contributed by atoms with van der Waals surface area (Å²) in [7, 11) is 1.57. The molecule has 0 aromatic carbocycles. The highest BCUT2D eigenvalue weighted by Crippen LogP contribution is 2.08. The highest BCUT2D eigenvalue weighted by Gasteiger charge is 2.09. The lowest BCUT2D eigenvalue weighted by Gasteiger charge is -1.94. The fourth-order valence-electron chi connectivity index (χ4n) is 1.36. The monoisotopic (exact) mass is 226 g/mol. The zero-order chi connectivity index (χ0) is 11.0. The fourth-order valence-corrected chi connectivity index (χ4v) is 1.77. The maximum absolute atomic E-state index is 11.4. The first kappa shape index (κ1) is 10.0. The number of hydrogen-bond donors (Lipinski definition) is 2. The Morgan fingerprint density at radius 1 is 1.40 bits per heavy atom. The number of nitrogens with zero attached hydrogens (tertiary/aromatic N) is 2. The Morgan fingerprint density at radius 2 is 2.13 bits per heavy atom. The first-order valence-corrected chi connectivity index (χ1v) is 5.69. The number of rotatable bonds is 2. The van der Waals surface area contributed by atoms with Crippen LogP contribution < -0.4 is 11.2 Å². The summed E-state index contributed by atoms with van der Waals surface area (Å²) in [5, 5.41) is 0. The van der Waals surface area contributed by atoms with Gasteiger partial charge in [-0.1, -0.05) is 0 Å². The average molecular weight is 226 g/mol. The Kier molecular flexibility index (Phi) is 2.39. The van der Waals surface area contributed by atoms with Gasteiger partial charge in [-0.05, 0) is 6.26 Å². The summed E-state index contributed by atoms with van der Waals surface area (Å²) in [6.07, 6.45) is 1.94. The second kappa shape index (κ2) is 3.58. The molecule has 0 amide bonds. The van der Waals surface area contributed by atoms with E-state index in [-0.39, 0.29) is 0 Å². The molecule has 0 unspecified atom stereocenters. The number of hydrogen-bond acceptors (Lipinski definition) is 4. The van der Waals surface area contributed by atoms with Crippen LogP contribution in [-0.2, 0) is 12.8 Å². The van der Waals surface area contributed by atoms with Gasteiger partial charge in [0.1, 0.15) is 11.3 Å². The number of aromatic amines is 2. The number of thioether (sulfide) groups is 1. The molecule has 7 heteroatoms. The summed E-state index contributed by atoms with van der Waals surface area (Å²) in [4.78, 5) is 32.0. The molecule has 80 valence electrons. The highest BCUT2D eigenvalue weighted by molar-refractivity contribution is 7.97. The number of nitrogens with one attached hydrogen (secondary N) is 2. The molecule has 2 heterocycles. The molecular formula is C8H10N4O2S. The van der Waals surface area contributed by atoms with Crippen LogP contribution in [0.1, 0.15) is 5.82 Å². The van der Waals surface area contributed by atoms with Crippen molar-refractivity contribution in [3.63, 3.8) is 0 Å². The summed E-state index contributed by atoms with van der Waals surface area (Å²) < 4.78 is 1.32. The maximum atomic E-state index is 11.4. The Bertz CT molecular complexity index is 609. The number of fused-ring (bicyclic) bond motifs is 1. The Labute approximate surface area is 88.7 Å². The SMILES string of the molecule is CSCc1nc2c([nH]1)c(=O)[nH]c(=O)n2C. The third-order valence-corrected chi connectivity index (χ3v) is 2.65. The molecule has 6 nitrogen and oxygen atoms in total. The van der Waals surface area contributed by atoms with Crippen molar-refractivity contribution in [2.24, 2.45) is 7.05 Å². The summed E-state index contributed by atoms with van der Waals surface area (Å²) in [5.41, 5.74) is -0.128. The van der Waals surface area contributed by atoms with Gasteiger partial charge in [0.05, 0.1) is 5.75 Å². The van der Waals surface area contributed by atoms with Crippen molar-refractivity contribution in [1.82, 2.24) is 19.5 Å². The van der Waals surface area contributed by atoms with Crippen LogP contribution in [0.15, 0.2) is 9.59 Å². The minimum Gasteiger partial charge on any atom is -0.335 e. The molecule has 2 N–H and O–H groups in total. The molecule has 2 aromatic rings. The smallest absolute Gasteiger partial charge is 0.329 e. The predicted molar refractivity (Wildman–Crippen MR) is 59.2 cm³/mol. The molecule has 0 saturated heterocycles. The zero-order valence-corrected chi connectivity index (χ0v) is 9.14. The topological polar surface area (TPSA) is 83.5 Å². The van der Waals surface area contributed by atoms with Crippen LogP contribution >= 0.6 is 11.8 Å². The van der Waals surface area contributed by atoms with E-state index >= 15 is 0 Å². The third kappa shape index (κ3) is 1.58. The molecule has 0 saturated carbocycles. The van der Waals surface area contributed by atoms with E-state index in [9.17, 15) is 9.59 Å². The lowest BCUT2D eigenvalue weighted by Crippen LogP contribution is -2.28. The molecule has 15 heavy (non-hydrogen) atoms. The molecule has 2 rings (SSSR count). The van der Waals surface area contributed by atoms with Crippen molar-refractivity contribution >= 4 is 22.9 Å². The second-order valence-corrected chi connectivity index (χ2v) is 4.00. The van der Waals surface area contributed by atoms with Gasteiger partial charge in [-0.3, -0.25) is 14.3 Å². The summed E-state index contributed by atoms with van der Waals surface area (Å²) in [6, 6.07) is 0. The molecule has 0 aliphatic heterocycles. The van der Waals surface area contributed by atoms with Crippen molar-refractivity contribution < 1.29 is 0 Å². The van der Waals surface area contributed by atoms with Crippen LogP contribution in [0.3, 0.4) is 0 Å². The Morgan fingerprint density at radius 3 is 2.80 bits per heavy atom. The minimum absolute atomic E-state index is 0.348. The molecule has 2 aromatic heterocycles. The normalized spacial score (nSPS) is 11.1. The van der Waals surface area contributed by atoms with Gasteiger partial charge < -0.3 is 4.98 Å². The van der Waals surface area contributed by atoms with E-state index in [0.717, 1.165) is 0 Å². The van der Waals surface area contributed by atoms with Crippen molar-refractivity contribution in [1.29, 1.82) is 0 Å². The van der Waals surface area contributed by atoms with Crippen LogP contribution in [0, 0.1) is 0 Å². The standard InChI is InChI=1S/C8H10N4O2S/c1-12-6-5(7(13)11-8(12)14)9-4(10-6)3-15-2/h3H2,1-2H3,(H,9,10)(H,11,13,14). The molecule has 0 atom stereocenters. The van der Waals surface area contributed by atoms with E-state index in [1.54, 1.807) is 18.8 Å². The summed E-state index contributed by atoms with van der Waals surface area (Å²) >= 11 is 1.59. The van der Waals surface area contributed by atoms with Crippen LogP contribution in [0.2, 0.25) is 0 Å². The molecule has 0 aliphatic rings.